The Kier molecular flexibility index (Phi) is 2.51. The number of nitrogens with zero attached hydrogens (tertiary/aromatic N) is 4. The molecule has 3 rings (SSSR count). The Morgan fingerprint density at radius 1 is 1.21 bits per heavy atom. The minimum absolute atomic E-state index is 0.000257. The Hall–Kier alpha value is -2.38. The topological polar surface area (TPSA) is 57.7 Å². The number of aromatic amines is 1. The predicted octanol–water partition coefficient (Wildman–Crippen LogP) is 2.26. The second-order valence-corrected chi connectivity index (χ2v) is 3.89. The van der Waals surface area contributed by atoms with E-state index in [2.05, 4.69) is 19.9 Å². The van der Waals surface area contributed by atoms with E-state index in [1.807, 2.05) is 12.2 Å². The first-order valence-corrected chi connectivity index (χ1v) is 5.44. The number of hydrogen-bond donors (Lipinski definition) is 1. The average molecular weight is 267 g/mol. The first-order valence-electron chi connectivity index (χ1n) is 5.44. The summed E-state index contributed by atoms with van der Waals surface area (Å²) in [6.45, 7) is 0.443. The van der Waals surface area contributed by atoms with E-state index < -0.39 is 12.0 Å². The predicted molar refractivity (Wildman–Crippen MR) is 62.3 cm³/mol. The second kappa shape index (κ2) is 4.08. The summed E-state index contributed by atoms with van der Waals surface area (Å²) in [6.07, 6.45) is 3.71. The van der Waals surface area contributed by atoms with E-state index >= 15 is 0 Å². The van der Waals surface area contributed by atoms with Gasteiger partial charge in [-0.3, -0.25) is 0 Å². The number of aromatic nitrogens is 4. The summed E-state index contributed by atoms with van der Waals surface area (Å²) in [5.41, 5.74) is 0.383. The molecule has 0 unspecified atom stereocenters. The molecule has 8 heteroatoms. The number of hydrogen-bond acceptors (Lipinski definition) is 4. The highest BCUT2D eigenvalue weighted by molar-refractivity contribution is 5.83. The van der Waals surface area contributed by atoms with Crippen molar-refractivity contribution in [1.82, 2.24) is 19.9 Å². The number of rotatable bonds is 1. The number of halogens is 3. The quantitative estimate of drug-likeness (QED) is 0.861. The molecule has 0 aromatic carbocycles. The summed E-state index contributed by atoms with van der Waals surface area (Å²) < 4.78 is 38.3. The number of nitrogens with one attached hydrogen (secondary N) is 1. The highest BCUT2D eigenvalue weighted by Crippen LogP contribution is 2.30. The molecule has 0 spiro atoms. The molecule has 5 nitrogen and oxygen atoms in total. The van der Waals surface area contributed by atoms with Gasteiger partial charge in [0.1, 0.15) is 5.52 Å². The van der Waals surface area contributed by atoms with Crippen molar-refractivity contribution in [3.8, 4) is 0 Å². The maximum Gasteiger partial charge on any atom is 0.451 e. The van der Waals surface area contributed by atoms with Crippen LogP contribution in [0.15, 0.2) is 30.8 Å². The molecule has 2 aromatic rings. The van der Waals surface area contributed by atoms with Gasteiger partial charge in [-0.15, -0.1) is 0 Å². The summed E-state index contributed by atoms with van der Waals surface area (Å²) in [5.74, 6) is -1.03. The van der Waals surface area contributed by atoms with Crippen molar-refractivity contribution in [3.63, 3.8) is 0 Å². The molecule has 3 heterocycles. The molecule has 0 atom stereocenters. The number of fused-ring (bicyclic) bond motifs is 1. The minimum atomic E-state index is -4.60. The van der Waals surface area contributed by atoms with E-state index in [0.29, 0.717) is 12.1 Å². The first-order chi connectivity index (χ1) is 9.05. The Bertz CT molecular complexity index is 671. The van der Waals surface area contributed by atoms with Crippen LogP contribution in [0.25, 0.3) is 11.2 Å². The van der Waals surface area contributed by atoms with Gasteiger partial charge in [-0.1, -0.05) is 12.2 Å². The molecule has 1 aliphatic rings. The molecular weight excluding hydrogens is 259 g/mol. The van der Waals surface area contributed by atoms with Crippen molar-refractivity contribution in [2.45, 2.75) is 6.18 Å². The third-order valence-electron chi connectivity index (χ3n) is 2.61. The highest BCUT2D eigenvalue weighted by Gasteiger charge is 2.36. The maximum absolute atomic E-state index is 12.8. The van der Waals surface area contributed by atoms with Crippen LogP contribution in [0, 0.1) is 0 Å². The zero-order valence-corrected chi connectivity index (χ0v) is 9.52. The van der Waals surface area contributed by atoms with E-state index in [1.165, 1.54) is 6.33 Å². The van der Waals surface area contributed by atoms with Crippen molar-refractivity contribution in [3.05, 3.63) is 36.6 Å². The maximum atomic E-state index is 12.8. The lowest BCUT2D eigenvalue weighted by Crippen LogP contribution is -2.22. The molecule has 0 bridgehead atoms. The van der Waals surface area contributed by atoms with Crippen molar-refractivity contribution in [2.24, 2.45) is 0 Å². The van der Waals surface area contributed by atoms with Gasteiger partial charge in [-0.05, 0) is 6.08 Å². The number of allylic oxidation sites excluding steroid dienone is 2. The molecule has 2 aromatic heterocycles. The Morgan fingerprint density at radius 3 is 2.74 bits per heavy atom. The Labute approximate surface area is 105 Å². The van der Waals surface area contributed by atoms with Gasteiger partial charge in [0, 0.05) is 12.7 Å². The monoisotopic (exact) mass is 267 g/mol. The Balaban J connectivity index is 2.18. The summed E-state index contributed by atoms with van der Waals surface area (Å²) in [7, 11) is 0. The number of imidazole rings is 1. The number of H-pyrrole nitrogens is 1. The zero-order valence-electron chi connectivity index (χ0n) is 9.52. The molecule has 0 aliphatic carbocycles. The molecule has 98 valence electrons. The molecule has 0 saturated heterocycles. The van der Waals surface area contributed by atoms with Crippen LogP contribution in [0.3, 0.4) is 0 Å². The summed E-state index contributed by atoms with van der Waals surface area (Å²) >= 11 is 0. The van der Waals surface area contributed by atoms with Crippen molar-refractivity contribution < 1.29 is 13.2 Å². The van der Waals surface area contributed by atoms with Crippen LogP contribution in [0.2, 0.25) is 0 Å². The van der Waals surface area contributed by atoms with Crippen LogP contribution in [-0.4, -0.2) is 26.5 Å². The van der Waals surface area contributed by atoms with Gasteiger partial charge in [0.2, 0.25) is 5.82 Å². The van der Waals surface area contributed by atoms with Gasteiger partial charge in [0.25, 0.3) is 0 Å². The number of anilines is 1. The lowest BCUT2D eigenvalue weighted by molar-refractivity contribution is -0.144. The first kappa shape index (κ1) is 11.7. The third-order valence-corrected chi connectivity index (χ3v) is 2.61. The van der Waals surface area contributed by atoms with Gasteiger partial charge in [0.05, 0.1) is 6.33 Å². The number of alkyl halides is 3. The largest absolute Gasteiger partial charge is 0.451 e. The van der Waals surface area contributed by atoms with Crippen LogP contribution in [0.4, 0.5) is 19.0 Å². The lowest BCUT2D eigenvalue weighted by atomic mass is 10.3. The van der Waals surface area contributed by atoms with E-state index in [-0.39, 0.29) is 11.5 Å². The van der Waals surface area contributed by atoms with Crippen molar-refractivity contribution >= 4 is 17.0 Å². The fourth-order valence-corrected chi connectivity index (χ4v) is 1.78. The van der Waals surface area contributed by atoms with Crippen molar-refractivity contribution in [1.29, 1.82) is 0 Å². The van der Waals surface area contributed by atoms with E-state index in [4.69, 9.17) is 0 Å². The van der Waals surface area contributed by atoms with Crippen LogP contribution in [-0.2, 0) is 6.18 Å². The van der Waals surface area contributed by atoms with Gasteiger partial charge in [0.15, 0.2) is 11.5 Å². The molecule has 0 saturated carbocycles. The third kappa shape index (κ3) is 2.05. The highest BCUT2D eigenvalue weighted by atomic mass is 19.4. The lowest BCUT2D eigenvalue weighted by Gasteiger charge is -2.20. The second-order valence-electron chi connectivity index (χ2n) is 3.89. The van der Waals surface area contributed by atoms with E-state index in [0.717, 1.165) is 0 Å². The van der Waals surface area contributed by atoms with Crippen LogP contribution in [0.1, 0.15) is 5.82 Å². The normalized spacial score (nSPS) is 15.4. The van der Waals surface area contributed by atoms with Crippen LogP contribution in [0.5, 0.6) is 0 Å². The molecule has 0 amide bonds. The molecule has 0 fully saturated rings. The smallest absolute Gasteiger partial charge is 0.340 e. The molecule has 1 aliphatic heterocycles. The minimum Gasteiger partial charge on any atom is -0.340 e. The van der Waals surface area contributed by atoms with Gasteiger partial charge < -0.3 is 9.88 Å². The molecular formula is C11H8F3N5. The molecule has 1 N–H and O–H groups in total. The van der Waals surface area contributed by atoms with Gasteiger partial charge in [-0.2, -0.15) is 13.2 Å². The average Bonchev–Trinajstić information content (AvgIpc) is 2.85. The van der Waals surface area contributed by atoms with Crippen molar-refractivity contribution in [2.75, 3.05) is 11.4 Å². The zero-order chi connectivity index (χ0) is 13.5. The van der Waals surface area contributed by atoms with E-state index in [9.17, 15) is 13.2 Å². The Morgan fingerprint density at radius 2 is 2.05 bits per heavy atom. The standard InChI is InChI=1S/C11H8F3N5/c12-11(13,14)10-17-8-7(15-6-16-8)9(18-10)19-4-2-1-3-5-19/h1-4,6H,5H2,(H,15,16,17,18). The van der Waals surface area contributed by atoms with Crippen LogP contribution >= 0.6 is 0 Å². The fourth-order valence-electron chi connectivity index (χ4n) is 1.78. The summed E-state index contributed by atoms with van der Waals surface area (Å²) in [5, 5.41) is 0. The molecule has 0 radical (unpaired) electrons. The summed E-state index contributed by atoms with van der Waals surface area (Å²) in [6, 6.07) is 0. The van der Waals surface area contributed by atoms with E-state index in [1.54, 1.807) is 17.2 Å². The summed E-state index contributed by atoms with van der Waals surface area (Å²) in [4.78, 5) is 15.1. The van der Waals surface area contributed by atoms with Gasteiger partial charge >= 0.3 is 6.18 Å². The fraction of sp³-hybridized carbons (Fsp3) is 0.182. The van der Waals surface area contributed by atoms with Gasteiger partial charge in [-0.25, -0.2) is 15.0 Å². The van der Waals surface area contributed by atoms with Crippen LogP contribution < -0.4 is 4.90 Å². The SMILES string of the molecule is FC(F)(F)c1nc(N2C=CC=CC2)c2[nH]cnc2n1. The molecule has 19 heavy (non-hydrogen) atoms.